The van der Waals surface area contributed by atoms with Crippen molar-refractivity contribution >= 4 is 17.2 Å². The minimum atomic E-state index is 0.115. The molecule has 0 aromatic carbocycles. The second-order valence-electron chi connectivity index (χ2n) is 5.62. The van der Waals surface area contributed by atoms with Gasteiger partial charge in [-0.1, -0.05) is 0 Å². The highest BCUT2D eigenvalue weighted by Crippen LogP contribution is 2.16. The van der Waals surface area contributed by atoms with Crippen molar-refractivity contribution in [2.24, 2.45) is 7.05 Å². The molecule has 118 valence electrons. The molecule has 22 heavy (non-hydrogen) atoms. The molecule has 2 aromatic rings. The summed E-state index contributed by atoms with van der Waals surface area (Å²) in [5.41, 5.74) is 0. The van der Waals surface area contributed by atoms with Gasteiger partial charge in [-0.15, -0.1) is 11.3 Å². The smallest absolute Gasteiger partial charge is 0.265 e. The Hall–Kier alpha value is -1.73. The van der Waals surface area contributed by atoms with Gasteiger partial charge in [-0.2, -0.15) is 0 Å². The number of hydrogen-bond donors (Lipinski definition) is 0. The van der Waals surface area contributed by atoms with E-state index in [1.165, 1.54) is 11.3 Å². The van der Waals surface area contributed by atoms with Gasteiger partial charge in [0.1, 0.15) is 10.7 Å². The first kappa shape index (κ1) is 15.2. The third kappa shape index (κ3) is 3.36. The van der Waals surface area contributed by atoms with Crippen LogP contribution in [0.5, 0.6) is 0 Å². The Bertz CT molecular complexity index is 650. The molecule has 0 spiro atoms. The minimum Gasteiger partial charge on any atom is -0.337 e. The Labute approximate surface area is 134 Å². The lowest BCUT2D eigenvalue weighted by atomic mass is 10.3. The van der Waals surface area contributed by atoms with Crippen molar-refractivity contribution in [1.82, 2.24) is 24.3 Å². The van der Waals surface area contributed by atoms with Crippen molar-refractivity contribution in [3.8, 4) is 0 Å². The van der Waals surface area contributed by atoms with E-state index in [1.807, 2.05) is 35.8 Å². The van der Waals surface area contributed by atoms with Gasteiger partial charge in [0.2, 0.25) is 0 Å². The van der Waals surface area contributed by atoms with Crippen LogP contribution in [0, 0.1) is 6.92 Å². The first-order valence-electron chi connectivity index (χ1n) is 7.54. The number of rotatable bonds is 3. The number of aryl methyl sites for hydroxylation is 2. The van der Waals surface area contributed by atoms with Crippen molar-refractivity contribution in [1.29, 1.82) is 0 Å². The zero-order valence-corrected chi connectivity index (χ0v) is 13.8. The minimum absolute atomic E-state index is 0.115. The molecule has 0 N–H and O–H groups in total. The molecule has 6 nitrogen and oxygen atoms in total. The van der Waals surface area contributed by atoms with Crippen LogP contribution in [0.3, 0.4) is 0 Å². The summed E-state index contributed by atoms with van der Waals surface area (Å²) in [6, 6.07) is 0. The summed E-state index contributed by atoms with van der Waals surface area (Å²) < 4.78 is 2.05. The third-order valence-corrected chi connectivity index (χ3v) is 4.89. The van der Waals surface area contributed by atoms with Crippen LogP contribution in [0.2, 0.25) is 0 Å². The lowest BCUT2D eigenvalue weighted by molar-refractivity contribution is 0.0765. The number of hydrogen-bond acceptors (Lipinski definition) is 5. The number of amides is 1. The first-order chi connectivity index (χ1) is 10.6. The summed E-state index contributed by atoms with van der Waals surface area (Å²) in [4.78, 5) is 26.1. The predicted octanol–water partition coefficient (Wildman–Crippen LogP) is 1.53. The Kier molecular flexibility index (Phi) is 4.54. The monoisotopic (exact) mass is 319 g/mol. The van der Waals surface area contributed by atoms with E-state index in [9.17, 15) is 4.79 Å². The molecule has 1 saturated heterocycles. The zero-order valence-electron chi connectivity index (χ0n) is 13.0. The molecule has 1 amide bonds. The molecule has 2 aromatic heterocycles. The molecule has 7 heteroatoms. The van der Waals surface area contributed by atoms with Gasteiger partial charge in [0, 0.05) is 45.6 Å². The second-order valence-corrected chi connectivity index (χ2v) is 6.85. The molecule has 0 bridgehead atoms. The van der Waals surface area contributed by atoms with Gasteiger partial charge in [0.05, 0.1) is 17.7 Å². The molecule has 1 aliphatic heterocycles. The molecular weight excluding hydrogens is 298 g/mol. The van der Waals surface area contributed by atoms with Crippen molar-refractivity contribution in [3.05, 3.63) is 34.3 Å². The molecule has 3 rings (SSSR count). The number of nitrogens with zero attached hydrogens (tertiary/aromatic N) is 5. The summed E-state index contributed by atoms with van der Waals surface area (Å²) in [5.74, 6) is 1.18. The molecule has 0 atom stereocenters. The number of carbonyl (C=O) groups excluding carboxylic acids is 1. The van der Waals surface area contributed by atoms with E-state index >= 15 is 0 Å². The van der Waals surface area contributed by atoms with E-state index in [1.54, 1.807) is 6.20 Å². The fourth-order valence-electron chi connectivity index (χ4n) is 2.70. The molecule has 0 saturated carbocycles. The van der Waals surface area contributed by atoms with E-state index < -0.39 is 0 Å². The van der Waals surface area contributed by atoms with Crippen LogP contribution in [0.25, 0.3) is 0 Å². The van der Waals surface area contributed by atoms with Crippen LogP contribution in [-0.2, 0) is 13.6 Å². The maximum atomic E-state index is 12.5. The Balaban J connectivity index is 1.60. The molecule has 0 radical (unpaired) electrons. The van der Waals surface area contributed by atoms with Crippen LogP contribution in [-0.4, -0.2) is 56.4 Å². The number of imidazole rings is 1. The number of carbonyl (C=O) groups is 1. The first-order valence-corrected chi connectivity index (χ1v) is 8.35. The molecule has 0 aliphatic carbocycles. The maximum Gasteiger partial charge on any atom is 0.265 e. The largest absolute Gasteiger partial charge is 0.337 e. The average molecular weight is 319 g/mol. The quantitative estimate of drug-likeness (QED) is 0.861. The molecule has 0 unspecified atom stereocenters. The molecule has 1 fully saturated rings. The van der Waals surface area contributed by atoms with Crippen LogP contribution >= 0.6 is 11.3 Å². The Morgan fingerprint density at radius 3 is 2.82 bits per heavy atom. The van der Waals surface area contributed by atoms with E-state index in [0.29, 0.717) is 0 Å². The summed E-state index contributed by atoms with van der Waals surface area (Å²) in [6.45, 7) is 6.23. The van der Waals surface area contributed by atoms with Gasteiger partial charge < -0.3 is 9.47 Å². The highest BCUT2D eigenvalue weighted by atomic mass is 32.1. The van der Waals surface area contributed by atoms with Gasteiger partial charge in [0.15, 0.2) is 0 Å². The standard InChI is InChI=1S/C15H21N5OS/c1-12-17-10-13(22-12)15(21)20-6-3-5-19(8-9-20)11-14-16-4-7-18(14)2/h4,7,10H,3,5-6,8-9,11H2,1-2H3. The predicted molar refractivity (Wildman–Crippen MR) is 85.9 cm³/mol. The molecular formula is C15H21N5OS. The fraction of sp³-hybridized carbons (Fsp3) is 0.533. The van der Waals surface area contributed by atoms with Crippen LogP contribution in [0.15, 0.2) is 18.6 Å². The average Bonchev–Trinajstić information content (AvgIpc) is 3.02. The molecule has 1 aliphatic rings. The van der Waals surface area contributed by atoms with Crippen LogP contribution in [0.1, 0.15) is 26.9 Å². The maximum absolute atomic E-state index is 12.5. The van der Waals surface area contributed by atoms with E-state index in [-0.39, 0.29) is 5.91 Å². The van der Waals surface area contributed by atoms with E-state index in [2.05, 4.69) is 14.9 Å². The van der Waals surface area contributed by atoms with Gasteiger partial charge >= 0.3 is 0 Å². The van der Waals surface area contributed by atoms with Gasteiger partial charge in [-0.3, -0.25) is 9.69 Å². The third-order valence-electron chi connectivity index (χ3n) is 3.99. The second kappa shape index (κ2) is 6.58. The van der Waals surface area contributed by atoms with Crippen molar-refractivity contribution in [2.45, 2.75) is 19.9 Å². The van der Waals surface area contributed by atoms with Crippen molar-refractivity contribution < 1.29 is 4.79 Å². The summed E-state index contributed by atoms with van der Waals surface area (Å²) in [7, 11) is 2.02. The van der Waals surface area contributed by atoms with Gasteiger partial charge in [-0.05, 0) is 13.3 Å². The summed E-state index contributed by atoms with van der Waals surface area (Å²) >= 11 is 1.47. The SMILES string of the molecule is Cc1ncc(C(=O)N2CCCN(Cc3nccn3C)CC2)s1. The normalized spacial score (nSPS) is 16.7. The number of aromatic nitrogens is 3. The number of thiazole rings is 1. The van der Waals surface area contributed by atoms with Gasteiger partial charge in [0.25, 0.3) is 5.91 Å². The van der Waals surface area contributed by atoms with E-state index in [0.717, 1.165) is 54.9 Å². The van der Waals surface area contributed by atoms with Crippen LogP contribution in [0.4, 0.5) is 0 Å². The highest BCUT2D eigenvalue weighted by molar-refractivity contribution is 7.13. The lowest BCUT2D eigenvalue weighted by Gasteiger charge is -2.21. The molecule has 3 heterocycles. The summed E-state index contributed by atoms with van der Waals surface area (Å²) in [5, 5.41) is 0.939. The fourth-order valence-corrected chi connectivity index (χ4v) is 3.44. The zero-order chi connectivity index (χ0) is 15.5. The Morgan fingerprint density at radius 2 is 2.14 bits per heavy atom. The van der Waals surface area contributed by atoms with Crippen LogP contribution < -0.4 is 0 Å². The van der Waals surface area contributed by atoms with Crippen molar-refractivity contribution in [2.75, 3.05) is 26.2 Å². The summed E-state index contributed by atoms with van der Waals surface area (Å²) in [6.07, 6.45) is 6.48. The van der Waals surface area contributed by atoms with Crippen molar-refractivity contribution in [3.63, 3.8) is 0 Å². The van der Waals surface area contributed by atoms with Gasteiger partial charge in [-0.25, -0.2) is 9.97 Å². The topological polar surface area (TPSA) is 54.3 Å². The highest BCUT2D eigenvalue weighted by Gasteiger charge is 2.22. The lowest BCUT2D eigenvalue weighted by Crippen LogP contribution is -2.35. The Morgan fingerprint density at radius 1 is 1.27 bits per heavy atom. The van der Waals surface area contributed by atoms with E-state index in [4.69, 9.17) is 0 Å².